The molecular formula is C31H50N4O11-2. The Morgan fingerprint density at radius 3 is 1.96 bits per heavy atom. The number of hydrogen-bond donors (Lipinski definition) is 2. The van der Waals surface area contributed by atoms with Crippen LogP contribution in [0.3, 0.4) is 0 Å². The Kier molecular flexibility index (Phi) is 18.6. The van der Waals surface area contributed by atoms with Crippen molar-refractivity contribution >= 4 is 17.9 Å². The van der Waals surface area contributed by atoms with Gasteiger partial charge in [-0.25, -0.2) is 0 Å². The molecule has 3 atom stereocenters. The summed E-state index contributed by atoms with van der Waals surface area (Å²) in [6, 6.07) is 5.33. The van der Waals surface area contributed by atoms with Crippen LogP contribution < -0.4 is 14.9 Å². The van der Waals surface area contributed by atoms with Crippen LogP contribution >= 0.6 is 0 Å². The predicted octanol–water partition coefficient (Wildman–Crippen LogP) is -2.81. The van der Waals surface area contributed by atoms with Gasteiger partial charge in [-0.1, -0.05) is 12.1 Å². The highest BCUT2D eigenvalue weighted by atomic mass is 16.6. The number of aliphatic hydroxyl groups is 1. The topological polar surface area (TPSA) is 188 Å². The molecule has 0 aliphatic carbocycles. The second-order valence-corrected chi connectivity index (χ2v) is 11.1. The normalized spacial score (nSPS) is 18.6. The number of carbonyl (C=O) groups is 3. The molecule has 0 aromatic heterocycles. The number of rotatable bonds is 19. The minimum absolute atomic E-state index is 0.130. The number of ether oxygens (including phenoxy) is 4. The van der Waals surface area contributed by atoms with Crippen LogP contribution in [-0.2, 0) is 35.0 Å². The van der Waals surface area contributed by atoms with Crippen molar-refractivity contribution in [3.63, 3.8) is 0 Å². The molecule has 2 rings (SSSR count). The van der Waals surface area contributed by atoms with E-state index in [-0.39, 0.29) is 52.2 Å². The highest BCUT2D eigenvalue weighted by Crippen LogP contribution is 2.16. The standard InChI is InChI=1S/C31H52N4O11/c1-4-44-17-18-45-19-20-46-26-7-5-25(6-8-26)21-27(31(41)42)35-15-11-32(22-28(36)37)9-13-34(24(2)30(39)40)14-10-33(12-16-35)23-29(38)43-3/h5-8,24,27,29,38H,4,9-23H2,1-3H3,(H,36,37)(H,39,40)(H,41,42)/p-2. The Bertz CT molecular complexity index is 1030. The summed E-state index contributed by atoms with van der Waals surface area (Å²) in [5.41, 5.74) is 0.781. The van der Waals surface area contributed by atoms with E-state index in [1.165, 1.54) is 14.0 Å². The van der Waals surface area contributed by atoms with E-state index in [1.54, 1.807) is 26.8 Å². The van der Waals surface area contributed by atoms with Crippen molar-refractivity contribution in [2.75, 3.05) is 106 Å². The molecule has 0 bridgehead atoms. The predicted molar refractivity (Wildman–Crippen MR) is 163 cm³/mol. The number of carboxylic acid groups (broad SMARTS) is 3. The van der Waals surface area contributed by atoms with Gasteiger partial charge >= 0.3 is 5.97 Å². The molecule has 15 heteroatoms. The van der Waals surface area contributed by atoms with Gasteiger partial charge in [-0.15, -0.1) is 0 Å². The summed E-state index contributed by atoms with van der Waals surface area (Å²) in [6.45, 7) is 7.76. The molecule has 262 valence electrons. The van der Waals surface area contributed by atoms with Crippen molar-refractivity contribution in [2.45, 2.75) is 38.6 Å². The Morgan fingerprint density at radius 2 is 1.41 bits per heavy atom. The number of hydrogen-bond acceptors (Lipinski definition) is 14. The van der Waals surface area contributed by atoms with Gasteiger partial charge in [-0.2, -0.15) is 0 Å². The summed E-state index contributed by atoms with van der Waals surface area (Å²) in [7, 11) is 1.37. The first kappa shape index (κ1) is 39.3. The van der Waals surface area contributed by atoms with E-state index >= 15 is 0 Å². The molecule has 46 heavy (non-hydrogen) atoms. The molecule has 15 nitrogen and oxygen atoms in total. The molecule has 1 fully saturated rings. The molecular weight excluding hydrogens is 604 g/mol. The zero-order valence-electron chi connectivity index (χ0n) is 27.2. The molecule has 0 radical (unpaired) electrons. The van der Waals surface area contributed by atoms with E-state index in [0.29, 0.717) is 58.4 Å². The summed E-state index contributed by atoms with van der Waals surface area (Å²) in [5.74, 6) is -2.94. The minimum Gasteiger partial charge on any atom is -0.549 e. The van der Waals surface area contributed by atoms with Gasteiger partial charge in [0.15, 0.2) is 6.29 Å². The molecule has 1 aromatic carbocycles. The van der Waals surface area contributed by atoms with Crippen molar-refractivity contribution in [2.24, 2.45) is 0 Å². The summed E-state index contributed by atoms with van der Waals surface area (Å²) in [5, 5.41) is 43.7. The SMILES string of the molecule is CCOCCOCCOc1ccc(CC(C(=O)O)N2CCN(CC(=O)[O-])CCN(C(C)C(=O)[O-])CCN(CC(O)OC)CC2)cc1. The van der Waals surface area contributed by atoms with Crippen LogP contribution in [0.2, 0.25) is 0 Å². The fraction of sp³-hybridized carbons (Fsp3) is 0.710. The number of β-amino-alcohol motifs (C(OH)–C–C–N with tert-alkyl or cyclic N) is 1. The molecule has 2 N–H and O–H groups in total. The van der Waals surface area contributed by atoms with E-state index in [2.05, 4.69) is 0 Å². The molecule has 1 aliphatic rings. The van der Waals surface area contributed by atoms with Gasteiger partial charge in [0.2, 0.25) is 0 Å². The van der Waals surface area contributed by atoms with Gasteiger partial charge in [0.05, 0.1) is 31.8 Å². The van der Waals surface area contributed by atoms with Crippen LogP contribution in [0.5, 0.6) is 5.75 Å². The second kappa shape index (κ2) is 21.8. The first-order chi connectivity index (χ1) is 22.0. The highest BCUT2D eigenvalue weighted by Gasteiger charge is 2.28. The van der Waals surface area contributed by atoms with Crippen LogP contribution in [0.1, 0.15) is 19.4 Å². The number of methoxy groups -OCH3 is 1. The van der Waals surface area contributed by atoms with Crippen molar-refractivity contribution in [3.8, 4) is 5.75 Å². The molecule has 1 heterocycles. The number of aliphatic carboxylic acids is 3. The summed E-state index contributed by atoms with van der Waals surface area (Å²) in [6.07, 6.45) is -0.904. The molecule has 3 unspecified atom stereocenters. The van der Waals surface area contributed by atoms with Gasteiger partial charge in [0, 0.05) is 85.2 Å². The van der Waals surface area contributed by atoms with Crippen LogP contribution in [0, 0.1) is 0 Å². The van der Waals surface area contributed by atoms with Crippen LogP contribution in [0.25, 0.3) is 0 Å². The quantitative estimate of drug-likeness (QED) is 0.115. The lowest BCUT2D eigenvalue weighted by Gasteiger charge is -2.38. The van der Waals surface area contributed by atoms with Crippen molar-refractivity contribution in [3.05, 3.63) is 29.8 Å². The van der Waals surface area contributed by atoms with Crippen LogP contribution in [0.4, 0.5) is 0 Å². The number of carboxylic acids is 3. The second-order valence-electron chi connectivity index (χ2n) is 11.1. The fourth-order valence-electron chi connectivity index (χ4n) is 5.09. The van der Waals surface area contributed by atoms with Gasteiger partial charge < -0.3 is 49.0 Å². The lowest BCUT2D eigenvalue weighted by atomic mass is 10.0. The largest absolute Gasteiger partial charge is 0.549 e. The molecule has 0 amide bonds. The van der Waals surface area contributed by atoms with Gasteiger partial charge in [0.25, 0.3) is 0 Å². The van der Waals surface area contributed by atoms with E-state index in [4.69, 9.17) is 18.9 Å². The van der Waals surface area contributed by atoms with E-state index in [0.717, 1.165) is 5.56 Å². The zero-order chi connectivity index (χ0) is 33.9. The molecule has 0 saturated carbocycles. The van der Waals surface area contributed by atoms with Gasteiger partial charge in [-0.3, -0.25) is 24.4 Å². The van der Waals surface area contributed by atoms with Crippen molar-refractivity contribution < 1.29 is 53.8 Å². The Balaban J connectivity index is 2.18. The third kappa shape index (κ3) is 15.1. The van der Waals surface area contributed by atoms with E-state index < -0.39 is 36.3 Å². The maximum absolute atomic E-state index is 12.6. The highest BCUT2D eigenvalue weighted by molar-refractivity contribution is 5.74. The molecule has 0 spiro atoms. The maximum atomic E-state index is 12.6. The summed E-state index contributed by atoms with van der Waals surface area (Å²) in [4.78, 5) is 42.8. The number of benzene rings is 1. The summed E-state index contributed by atoms with van der Waals surface area (Å²) < 4.78 is 21.4. The smallest absolute Gasteiger partial charge is 0.321 e. The maximum Gasteiger partial charge on any atom is 0.321 e. The Hall–Kier alpha value is -2.89. The molecule has 1 aliphatic heterocycles. The van der Waals surface area contributed by atoms with E-state index in [1.807, 2.05) is 24.0 Å². The van der Waals surface area contributed by atoms with Gasteiger partial charge in [0.1, 0.15) is 18.4 Å². The average molecular weight is 655 g/mol. The number of nitrogens with zero attached hydrogens (tertiary/aromatic N) is 4. The van der Waals surface area contributed by atoms with Crippen LogP contribution in [-0.4, -0.2) is 172 Å². The average Bonchev–Trinajstić information content (AvgIpc) is 3.02. The van der Waals surface area contributed by atoms with Crippen molar-refractivity contribution in [1.82, 2.24) is 19.6 Å². The monoisotopic (exact) mass is 654 g/mol. The first-order valence-electron chi connectivity index (χ1n) is 15.7. The molecule has 1 aromatic rings. The lowest BCUT2D eigenvalue weighted by Crippen LogP contribution is -2.55. The van der Waals surface area contributed by atoms with Gasteiger partial charge in [-0.05, 0) is 38.0 Å². The Labute approximate surface area is 271 Å². The van der Waals surface area contributed by atoms with Crippen LogP contribution in [0.15, 0.2) is 24.3 Å². The van der Waals surface area contributed by atoms with E-state index in [9.17, 15) is 34.8 Å². The fourth-order valence-corrected chi connectivity index (χ4v) is 5.09. The third-order valence-electron chi connectivity index (χ3n) is 7.89. The summed E-state index contributed by atoms with van der Waals surface area (Å²) >= 11 is 0. The molecule has 1 saturated heterocycles. The third-order valence-corrected chi connectivity index (χ3v) is 7.89. The van der Waals surface area contributed by atoms with Crippen molar-refractivity contribution in [1.29, 1.82) is 0 Å². The number of aliphatic hydroxyl groups excluding tert-OH is 1. The number of carbonyl (C=O) groups excluding carboxylic acids is 2. The Morgan fingerprint density at radius 1 is 0.848 bits per heavy atom. The minimum atomic E-state index is -1.29. The lowest BCUT2D eigenvalue weighted by molar-refractivity contribution is -0.312. The zero-order valence-corrected chi connectivity index (χ0v) is 27.2. The first-order valence-corrected chi connectivity index (χ1v) is 15.7.